The minimum Gasteiger partial charge on any atom is -0.458 e. The molecule has 1 aliphatic rings. The van der Waals surface area contributed by atoms with Gasteiger partial charge in [-0.3, -0.25) is 0 Å². The van der Waals surface area contributed by atoms with E-state index in [1.54, 1.807) is 0 Å². The Morgan fingerprint density at radius 2 is 2.15 bits per heavy atom. The Morgan fingerprint density at radius 1 is 1.30 bits per heavy atom. The number of rotatable bonds is 3. The third-order valence-electron chi connectivity index (χ3n) is 3.61. The number of fused-ring (bicyclic) bond motifs is 1. The van der Waals surface area contributed by atoms with E-state index in [2.05, 4.69) is 47.2 Å². The van der Waals surface area contributed by atoms with Crippen LogP contribution in [-0.4, -0.2) is 19.2 Å². The number of halogens is 1. The lowest BCUT2D eigenvalue weighted by atomic mass is 10.0. The quantitative estimate of drug-likeness (QED) is 0.908. The summed E-state index contributed by atoms with van der Waals surface area (Å²) in [4.78, 5) is 0. The number of hydrogen-bond acceptors (Lipinski definition) is 3. The zero-order valence-electron chi connectivity index (χ0n) is 11.9. The standard InChI is InChI=1S/C16H20BrNO2/c1-10(2)5-13-8-18-9-16(19-13)15-7-11-6-12(17)3-4-14(11)20-15/h3-4,6-7,10,13,16,18H,5,8-9H2,1-2H3. The summed E-state index contributed by atoms with van der Waals surface area (Å²) in [7, 11) is 0. The first-order chi connectivity index (χ1) is 9.61. The number of furan rings is 1. The first-order valence-corrected chi connectivity index (χ1v) is 7.96. The molecule has 1 fully saturated rings. The third-order valence-corrected chi connectivity index (χ3v) is 4.10. The fraction of sp³-hybridized carbons (Fsp3) is 0.500. The van der Waals surface area contributed by atoms with Crippen LogP contribution < -0.4 is 5.32 Å². The fourth-order valence-corrected chi connectivity index (χ4v) is 3.11. The molecule has 0 radical (unpaired) electrons. The summed E-state index contributed by atoms with van der Waals surface area (Å²) >= 11 is 3.49. The zero-order chi connectivity index (χ0) is 14.1. The average molecular weight is 338 g/mol. The Balaban J connectivity index is 1.79. The van der Waals surface area contributed by atoms with Crippen LogP contribution >= 0.6 is 15.9 Å². The van der Waals surface area contributed by atoms with Crippen molar-refractivity contribution in [2.75, 3.05) is 13.1 Å². The third kappa shape index (κ3) is 3.08. The Morgan fingerprint density at radius 3 is 2.95 bits per heavy atom. The molecular formula is C16H20BrNO2. The van der Waals surface area contributed by atoms with Crippen molar-refractivity contribution in [3.63, 3.8) is 0 Å². The lowest BCUT2D eigenvalue weighted by Gasteiger charge is -2.30. The highest BCUT2D eigenvalue weighted by atomic mass is 79.9. The average Bonchev–Trinajstić information content (AvgIpc) is 2.81. The van der Waals surface area contributed by atoms with E-state index < -0.39 is 0 Å². The smallest absolute Gasteiger partial charge is 0.135 e. The summed E-state index contributed by atoms with van der Waals surface area (Å²) in [6, 6.07) is 8.15. The van der Waals surface area contributed by atoms with Crippen molar-refractivity contribution in [1.29, 1.82) is 0 Å². The number of hydrogen-bond donors (Lipinski definition) is 1. The Bertz CT molecular complexity index is 593. The van der Waals surface area contributed by atoms with E-state index in [9.17, 15) is 0 Å². The summed E-state index contributed by atoms with van der Waals surface area (Å²) in [5, 5.41) is 4.57. The molecule has 3 rings (SSSR count). The molecule has 1 N–H and O–H groups in total. The van der Waals surface area contributed by atoms with Crippen LogP contribution in [0.1, 0.15) is 32.1 Å². The molecule has 1 aromatic heterocycles. The van der Waals surface area contributed by atoms with Gasteiger partial charge in [0.25, 0.3) is 0 Å². The predicted molar refractivity (Wildman–Crippen MR) is 83.9 cm³/mol. The van der Waals surface area contributed by atoms with Crippen LogP contribution in [0.3, 0.4) is 0 Å². The molecule has 0 spiro atoms. The van der Waals surface area contributed by atoms with Crippen molar-refractivity contribution in [2.24, 2.45) is 5.92 Å². The van der Waals surface area contributed by atoms with Crippen LogP contribution in [0.25, 0.3) is 11.0 Å². The van der Waals surface area contributed by atoms with E-state index in [-0.39, 0.29) is 12.2 Å². The lowest BCUT2D eigenvalue weighted by molar-refractivity contribution is -0.0559. The summed E-state index contributed by atoms with van der Waals surface area (Å²) < 4.78 is 13.2. The van der Waals surface area contributed by atoms with Crippen molar-refractivity contribution in [3.8, 4) is 0 Å². The van der Waals surface area contributed by atoms with Crippen LogP contribution in [0.15, 0.2) is 33.2 Å². The Kier molecular flexibility index (Phi) is 4.15. The Labute approximate surface area is 127 Å². The molecule has 0 aliphatic carbocycles. The van der Waals surface area contributed by atoms with Crippen LogP contribution in [-0.2, 0) is 4.74 Å². The van der Waals surface area contributed by atoms with E-state index in [1.165, 1.54) is 0 Å². The van der Waals surface area contributed by atoms with Gasteiger partial charge >= 0.3 is 0 Å². The second-order valence-corrected chi connectivity index (χ2v) is 6.78. The van der Waals surface area contributed by atoms with Gasteiger partial charge in [-0.1, -0.05) is 29.8 Å². The maximum absolute atomic E-state index is 6.18. The molecule has 3 nitrogen and oxygen atoms in total. The normalized spacial score (nSPS) is 23.6. The van der Waals surface area contributed by atoms with Gasteiger partial charge in [0.1, 0.15) is 17.4 Å². The SMILES string of the molecule is CC(C)CC1CNCC(c2cc3cc(Br)ccc3o2)O1. The first-order valence-electron chi connectivity index (χ1n) is 7.17. The molecule has 1 aromatic carbocycles. The largest absolute Gasteiger partial charge is 0.458 e. The molecule has 0 bridgehead atoms. The maximum Gasteiger partial charge on any atom is 0.135 e. The van der Waals surface area contributed by atoms with Crippen molar-refractivity contribution < 1.29 is 9.15 Å². The molecule has 1 saturated heterocycles. The van der Waals surface area contributed by atoms with Gasteiger partial charge in [-0.25, -0.2) is 0 Å². The van der Waals surface area contributed by atoms with E-state index in [0.29, 0.717) is 5.92 Å². The molecule has 1 aliphatic heterocycles. The van der Waals surface area contributed by atoms with Gasteiger partial charge < -0.3 is 14.5 Å². The van der Waals surface area contributed by atoms with Gasteiger partial charge in [-0.05, 0) is 36.6 Å². The highest BCUT2D eigenvalue weighted by Gasteiger charge is 2.26. The van der Waals surface area contributed by atoms with Crippen molar-refractivity contribution in [2.45, 2.75) is 32.5 Å². The predicted octanol–water partition coefficient (Wildman–Crippen LogP) is 4.27. The second kappa shape index (κ2) is 5.88. The maximum atomic E-state index is 6.18. The summed E-state index contributed by atoms with van der Waals surface area (Å²) in [5.74, 6) is 1.56. The van der Waals surface area contributed by atoms with E-state index in [0.717, 1.165) is 40.7 Å². The minimum absolute atomic E-state index is 0.0127. The molecular weight excluding hydrogens is 318 g/mol. The minimum atomic E-state index is 0.0127. The van der Waals surface area contributed by atoms with Gasteiger partial charge in [0.15, 0.2) is 0 Å². The molecule has 20 heavy (non-hydrogen) atoms. The van der Waals surface area contributed by atoms with Crippen molar-refractivity contribution in [3.05, 3.63) is 34.5 Å². The van der Waals surface area contributed by atoms with Crippen molar-refractivity contribution >= 4 is 26.9 Å². The van der Waals surface area contributed by atoms with E-state index >= 15 is 0 Å². The summed E-state index contributed by atoms with van der Waals surface area (Å²) in [6.07, 6.45) is 1.36. The van der Waals surface area contributed by atoms with E-state index in [4.69, 9.17) is 9.15 Å². The summed E-state index contributed by atoms with van der Waals surface area (Å²) in [5.41, 5.74) is 0.915. The molecule has 2 heterocycles. The number of ether oxygens (including phenoxy) is 1. The highest BCUT2D eigenvalue weighted by Crippen LogP contribution is 2.30. The lowest BCUT2D eigenvalue weighted by Crippen LogP contribution is -2.41. The van der Waals surface area contributed by atoms with Gasteiger partial charge in [-0.2, -0.15) is 0 Å². The number of benzene rings is 1. The van der Waals surface area contributed by atoms with Crippen LogP contribution in [0.5, 0.6) is 0 Å². The molecule has 2 aromatic rings. The topological polar surface area (TPSA) is 34.4 Å². The van der Waals surface area contributed by atoms with Crippen molar-refractivity contribution in [1.82, 2.24) is 5.32 Å². The van der Waals surface area contributed by atoms with E-state index in [1.807, 2.05) is 12.1 Å². The Hall–Kier alpha value is -0.840. The van der Waals surface area contributed by atoms with Crippen LogP contribution in [0.2, 0.25) is 0 Å². The molecule has 2 unspecified atom stereocenters. The molecule has 0 saturated carbocycles. The number of morpholine rings is 1. The highest BCUT2D eigenvalue weighted by molar-refractivity contribution is 9.10. The second-order valence-electron chi connectivity index (χ2n) is 5.87. The monoisotopic (exact) mass is 337 g/mol. The van der Waals surface area contributed by atoms with Crippen LogP contribution in [0.4, 0.5) is 0 Å². The first kappa shape index (κ1) is 14.1. The fourth-order valence-electron chi connectivity index (χ4n) is 2.73. The van der Waals surface area contributed by atoms with Gasteiger partial charge in [-0.15, -0.1) is 0 Å². The molecule has 108 valence electrons. The van der Waals surface area contributed by atoms with Gasteiger partial charge in [0, 0.05) is 22.9 Å². The van der Waals surface area contributed by atoms with Gasteiger partial charge in [0.2, 0.25) is 0 Å². The molecule has 4 heteroatoms. The molecule has 2 atom stereocenters. The molecule has 0 amide bonds. The summed E-state index contributed by atoms with van der Waals surface area (Å²) in [6.45, 7) is 6.20. The number of nitrogens with one attached hydrogen (secondary N) is 1. The van der Waals surface area contributed by atoms with Gasteiger partial charge in [0.05, 0.1) is 6.10 Å². The van der Waals surface area contributed by atoms with Crippen LogP contribution in [0, 0.1) is 5.92 Å². The zero-order valence-corrected chi connectivity index (χ0v) is 13.4.